The summed E-state index contributed by atoms with van der Waals surface area (Å²) in [6.07, 6.45) is 7.20. The number of piperidine rings is 1. The van der Waals surface area contributed by atoms with Crippen molar-refractivity contribution in [1.29, 1.82) is 0 Å². The topological polar surface area (TPSA) is 205 Å². The van der Waals surface area contributed by atoms with Crippen molar-refractivity contribution in [3.8, 4) is 22.5 Å². The summed E-state index contributed by atoms with van der Waals surface area (Å²) < 4.78 is 5.35. The standard InChI is InChI=1S/C38H48N10O5/c1-38(2,3)53-37(52)41-22-25-9-13-28(14-10-25)34(50)48(29-17-15-27(16-18-29)32-43-45-46-44-32)35(51)31(39)21-24-7-11-26(12-8-24)30-23-40-36(42-33(30)49)47-19-5-4-6-20-47/h7-8,11-12,15-18,23,25,28,31H,4-6,9-10,13-14,19-22,39H2,1-3H3,(H,41,52)(H,40,42,49)(H,43,44,45,46)/t25?,28?,31-/m0/s1. The van der Waals surface area contributed by atoms with Crippen LogP contribution in [0.25, 0.3) is 22.5 Å². The Morgan fingerprint density at radius 2 is 1.66 bits per heavy atom. The van der Waals surface area contributed by atoms with E-state index >= 15 is 0 Å². The van der Waals surface area contributed by atoms with Crippen LogP contribution >= 0.6 is 0 Å². The Labute approximate surface area is 308 Å². The van der Waals surface area contributed by atoms with Crippen LogP contribution in [-0.4, -0.2) is 79.8 Å². The Morgan fingerprint density at radius 3 is 2.28 bits per heavy atom. The quantitative estimate of drug-likeness (QED) is 0.181. The zero-order valence-electron chi connectivity index (χ0n) is 30.5. The van der Waals surface area contributed by atoms with Gasteiger partial charge in [-0.25, -0.2) is 14.7 Å². The van der Waals surface area contributed by atoms with Crippen molar-refractivity contribution >= 4 is 29.5 Å². The molecule has 4 aromatic rings. The third-order valence-electron chi connectivity index (χ3n) is 9.78. The minimum absolute atomic E-state index is 0.176. The predicted octanol–water partition coefficient (Wildman–Crippen LogP) is 4.37. The first kappa shape index (κ1) is 37.3. The SMILES string of the molecule is CC(C)(C)OC(=O)NCC1CCC(C(=O)N(C(=O)[C@@H](N)Cc2ccc(-c3cnc(N4CCCCC4)[nH]c3=O)cc2)c2ccc(-c3nn[nH]n3)cc2)CC1. The molecule has 2 aliphatic rings. The summed E-state index contributed by atoms with van der Waals surface area (Å²) in [6.45, 7) is 7.65. The molecule has 2 fully saturated rings. The molecule has 6 rings (SSSR count). The van der Waals surface area contributed by atoms with Crippen molar-refractivity contribution in [3.63, 3.8) is 0 Å². The summed E-state index contributed by atoms with van der Waals surface area (Å²) in [7, 11) is 0. The van der Waals surface area contributed by atoms with Gasteiger partial charge in [0.15, 0.2) is 0 Å². The number of tetrazole rings is 1. The van der Waals surface area contributed by atoms with Gasteiger partial charge in [0, 0.05) is 37.3 Å². The number of nitrogens with one attached hydrogen (secondary N) is 3. The summed E-state index contributed by atoms with van der Waals surface area (Å²) in [5, 5.41) is 16.9. The van der Waals surface area contributed by atoms with E-state index in [1.54, 1.807) is 30.5 Å². The van der Waals surface area contributed by atoms with E-state index in [4.69, 9.17) is 10.5 Å². The first-order valence-electron chi connectivity index (χ1n) is 18.3. The number of alkyl carbamates (subject to hydrolysis) is 1. The number of amides is 3. The average Bonchev–Trinajstić information content (AvgIpc) is 3.70. The van der Waals surface area contributed by atoms with Crippen molar-refractivity contribution in [3.05, 3.63) is 70.6 Å². The minimum Gasteiger partial charge on any atom is -0.444 e. The van der Waals surface area contributed by atoms with Gasteiger partial charge in [0.05, 0.1) is 17.3 Å². The molecule has 1 saturated heterocycles. The largest absolute Gasteiger partial charge is 0.444 e. The molecule has 1 saturated carbocycles. The van der Waals surface area contributed by atoms with Gasteiger partial charge in [0.1, 0.15) is 5.60 Å². The molecule has 5 N–H and O–H groups in total. The fourth-order valence-corrected chi connectivity index (χ4v) is 6.93. The van der Waals surface area contributed by atoms with Gasteiger partial charge >= 0.3 is 6.09 Å². The molecule has 53 heavy (non-hydrogen) atoms. The fourth-order valence-electron chi connectivity index (χ4n) is 6.93. The smallest absolute Gasteiger partial charge is 0.407 e. The second-order valence-electron chi connectivity index (χ2n) is 14.9. The molecule has 3 amide bonds. The highest BCUT2D eigenvalue weighted by molar-refractivity contribution is 6.17. The van der Waals surface area contributed by atoms with Crippen LogP contribution in [0.4, 0.5) is 16.4 Å². The number of hydrogen-bond acceptors (Lipinski definition) is 11. The zero-order valence-corrected chi connectivity index (χ0v) is 30.5. The normalized spacial score (nSPS) is 18.2. The van der Waals surface area contributed by atoms with E-state index in [2.05, 4.69) is 40.8 Å². The lowest BCUT2D eigenvalue weighted by Gasteiger charge is -2.32. The third-order valence-corrected chi connectivity index (χ3v) is 9.78. The Hall–Kier alpha value is -5.44. The molecule has 1 aliphatic carbocycles. The van der Waals surface area contributed by atoms with Crippen molar-refractivity contribution < 1.29 is 19.1 Å². The molecule has 3 heterocycles. The van der Waals surface area contributed by atoms with Crippen LogP contribution < -0.4 is 26.4 Å². The number of nitrogens with zero attached hydrogens (tertiary/aromatic N) is 6. The van der Waals surface area contributed by atoms with Crippen LogP contribution in [0.5, 0.6) is 0 Å². The maximum atomic E-state index is 14.2. The number of imide groups is 1. The van der Waals surface area contributed by atoms with Crippen molar-refractivity contribution in [1.82, 2.24) is 35.9 Å². The number of carbonyl (C=O) groups excluding carboxylic acids is 3. The first-order valence-corrected chi connectivity index (χ1v) is 18.3. The average molecular weight is 725 g/mol. The Bertz CT molecular complexity index is 1910. The molecular formula is C38H48N10O5. The second kappa shape index (κ2) is 16.5. The highest BCUT2D eigenvalue weighted by Crippen LogP contribution is 2.32. The maximum Gasteiger partial charge on any atom is 0.407 e. The lowest BCUT2D eigenvalue weighted by molar-refractivity contribution is -0.130. The fraction of sp³-hybridized carbons (Fsp3) is 0.474. The molecule has 0 spiro atoms. The molecule has 0 bridgehead atoms. The van der Waals surface area contributed by atoms with Crippen LogP contribution in [-0.2, 0) is 20.7 Å². The number of hydrogen-bond donors (Lipinski definition) is 4. The van der Waals surface area contributed by atoms with Crippen LogP contribution in [0.1, 0.15) is 71.3 Å². The van der Waals surface area contributed by atoms with E-state index in [0.29, 0.717) is 66.4 Å². The van der Waals surface area contributed by atoms with Crippen LogP contribution in [0.3, 0.4) is 0 Å². The van der Waals surface area contributed by atoms with Crippen molar-refractivity contribution in [2.75, 3.05) is 29.4 Å². The van der Waals surface area contributed by atoms with Gasteiger partial charge in [-0.1, -0.05) is 24.3 Å². The molecule has 1 aliphatic heterocycles. The molecular weight excluding hydrogens is 676 g/mol. The number of H-pyrrole nitrogens is 2. The molecule has 0 radical (unpaired) electrons. The summed E-state index contributed by atoms with van der Waals surface area (Å²) in [5.41, 5.74) is 8.75. The van der Waals surface area contributed by atoms with E-state index in [0.717, 1.165) is 31.5 Å². The molecule has 0 unspecified atom stereocenters. The van der Waals surface area contributed by atoms with Gasteiger partial charge < -0.3 is 20.7 Å². The molecule has 15 heteroatoms. The maximum absolute atomic E-state index is 14.2. The number of ether oxygens (including phenoxy) is 1. The van der Waals surface area contributed by atoms with Crippen LogP contribution in [0.15, 0.2) is 59.5 Å². The van der Waals surface area contributed by atoms with Gasteiger partial charge in [-0.3, -0.25) is 19.4 Å². The van der Waals surface area contributed by atoms with E-state index in [1.165, 1.54) is 11.3 Å². The summed E-state index contributed by atoms with van der Waals surface area (Å²) in [6, 6.07) is 13.1. The van der Waals surface area contributed by atoms with Gasteiger partial charge in [-0.15, -0.1) is 10.2 Å². The number of nitrogens with two attached hydrogens (primary N) is 1. The molecule has 2 aromatic carbocycles. The number of aromatic nitrogens is 6. The lowest BCUT2D eigenvalue weighted by atomic mass is 9.81. The van der Waals surface area contributed by atoms with Gasteiger partial charge in [-0.05, 0) is 119 Å². The van der Waals surface area contributed by atoms with Crippen molar-refractivity contribution in [2.45, 2.75) is 83.8 Å². The molecule has 2 aromatic heterocycles. The highest BCUT2D eigenvalue weighted by atomic mass is 16.6. The predicted molar refractivity (Wildman–Crippen MR) is 200 cm³/mol. The lowest BCUT2D eigenvalue weighted by Crippen LogP contribution is -2.50. The Kier molecular flexibility index (Phi) is 11.6. The summed E-state index contributed by atoms with van der Waals surface area (Å²) >= 11 is 0. The van der Waals surface area contributed by atoms with E-state index < -0.39 is 29.6 Å². The number of rotatable bonds is 10. The summed E-state index contributed by atoms with van der Waals surface area (Å²) in [4.78, 5) is 64.2. The number of benzene rings is 2. The van der Waals surface area contributed by atoms with E-state index in [-0.39, 0.29) is 23.8 Å². The van der Waals surface area contributed by atoms with Gasteiger partial charge in [-0.2, -0.15) is 5.21 Å². The van der Waals surface area contributed by atoms with Gasteiger partial charge in [0.25, 0.3) is 11.5 Å². The van der Waals surface area contributed by atoms with Crippen LogP contribution in [0, 0.1) is 11.8 Å². The number of carbonyl (C=O) groups is 3. The second-order valence-corrected chi connectivity index (χ2v) is 14.9. The third kappa shape index (κ3) is 9.52. The Balaban J connectivity index is 1.13. The number of anilines is 2. The van der Waals surface area contributed by atoms with E-state index in [9.17, 15) is 19.2 Å². The Morgan fingerprint density at radius 1 is 0.981 bits per heavy atom. The minimum atomic E-state index is -1.02. The van der Waals surface area contributed by atoms with Gasteiger partial charge in [0.2, 0.25) is 17.7 Å². The number of aromatic amines is 2. The van der Waals surface area contributed by atoms with Crippen LogP contribution in [0.2, 0.25) is 0 Å². The zero-order chi connectivity index (χ0) is 37.5. The first-order chi connectivity index (χ1) is 25.4. The van der Waals surface area contributed by atoms with Crippen molar-refractivity contribution in [2.24, 2.45) is 17.6 Å². The summed E-state index contributed by atoms with van der Waals surface area (Å²) in [5.74, 6) is -0.0658. The highest BCUT2D eigenvalue weighted by Gasteiger charge is 2.35. The van der Waals surface area contributed by atoms with E-state index in [1.807, 2.05) is 45.0 Å². The molecule has 280 valence electrons. The molecule has 1 atom stereocenters. The monoisotopic (exact) mass is 724 g/mol. The molecule has 15 nitrogen and oxygen atoms in total.